The Morgan fingerprint density at radius 2 is 1.60 bits per heavy atom. The maximum Gasteiger partial charge on any atom is 0.306 e. The first-order chi connectivity index (χ1) is 12.0. The molecule has 9 heteroatoms. The normalized spacial score (nSPS) is 10.1. The van der Waals surface area contributed by atoms with E-state index in [9.17, 15) is 24.1 Å². The van der Waals surface area contributed by atoms with E-state index in [4.69, 9.17) is 0 Å². The minimum atomic E-state index is -0.977. The van der Waals surface area contributed by atoms with Gasteiger partial charge in [0.15, 0.2) is 0 Å². The molecule has 0 fully saturated rings. The van der Waals surface area contributed by atoms with E-state index < -0.39 is 22.3 Å². The van der Waals surface area contributed by atoms with Gasteiger partial charge in [-0.2, -0.15) is 4.39 Å². The first-order valence-corrected chi connectivity index (χ1v) is 8.27. The number of nitrogens with one attached hydrogen (secondary N) is 2. The number of nitro benzene ring substituents is 1. The highest BCUT2D eigenvalue weighted by Gasteiger charge is 2.15. The van der Waals surface area contributed by atoms with Gasteiger partial charge in [-0.05, 0) is 24.3 Å². The summed E-state index contributed by atoms with van der Waals surface area (Å²) in [5.74, 6) is -1.62. The summed E-state index contributed by atoms with van der Waals surface area (Å²) in [5, 5.41) is 15.8. The van der Waals surface area contributed by atoms with E-state index in [-0.39, 0.29) is 23.1 Å². The number of nitro groups is 1. The Morgan fingerprint density at radius 3 is 2.20 bits per heavy atom. The molecule has 2 N–H and O–H groups in total. The van der Waals surface area contributed by atoms with E-state index in [1.54, 1.807) is 24.3 Å². The predicted molar refractivity (Wildman–Crippen MR) is 94.1 cm³/mol. The van der Waals surface area contributed by atoms with Crippen LogP contribution < -0.4 is 10.6 Å². The molecule has 0 atom stereocenters. The largest absolute Gasteiger partial charge is 0.325 e. The van der Waals surface area contributed by atoms with E-state index in [1.807, 2.05) is 6.07 Å². The van der Waals surface area contributed by atoms with Crippen LogP contribution in [0.4, 0.5) is 21.5 Å². The number of thioether (sulfide) groups is 1. The van der Waals surface area contributed by atoms with Crippen molar-refractivity contribution >= 4 is 40.6 Å². The summed E-state index contributed by atoms with van der Waals surface area (Å²) >= 11 is 1.09. The third kappa shape index (κ3) is 5.88. The lowest BCUT2D eigenvalue weighted by Crippen LogP contribution is -2.18. The van der Waals surface area contributed by atoms with Crippen molar-refractivity contribution in [1.29, 1.82) is 0 Å². The van der Waals surface area contributed by atoms with Gasteiger partial charge in [0.1, 0.15) is 0 Å². The minimum Gasteiger partial charge on any atom is -0.325 e. The van der Waals surface area contributed by atoms with Gasteiger partial charge >= 0.3 is 5.69 Å². The number of carbonyl (C=O) groups is 2. The molecule has 0 saturated carbocycles. The Kier molecular flexibility index (Phi) is 6.47. The first-order valence-electron chi connectivity index (χ1n) is 7.12. The number of anilines is 2. The van der Waals surface area contributed by atoms with Crippen molar-refractivity contribution in [1.82, 2.24) is 0 Å². The fourth-order valence-electron chi connectivity index (χ4n) is 1.88. The van der Waals surface area contributed by atoms with Crippen molar-refractivity contribution in [3.63, 3.8) is 0 Å². The smallest absolute Gasteiger partial charge is 0.306 e. The fourth-order valence-corrected chi connectivity index (χ4v) is 2.50. The Bertz CT molecular complexity index is 786. The number of rotatable bonds is 7. The molecule has 0 aromatic heterocycles. The van der Waals surface area contributed by atoms with Crippen LogP contribution in [0.15, 0.2) is 48.5 Å². The van der Waals surface area contributed by atoms with Crippen molar-refractivity contribution in [3.05, 3.63) is 64.5 Å². The molecule has 25 heavy (non-hydrogen) atoms. The molecular formula is C16H14FN3O4S. The van der Waals surface area contributed by atoms with Crippen molar-refractivity contribution in [2.45, 2.75) is 0 Å². The number of carbonyl (C=O) groups excluding carboxylic acids is 2. The second-order valence-electron chi connectivity index (χ2n) is 4.88. The van der Waals surface area contributed by atoms with Crippen LogP contribution in [0.1, 0.15) is 0 Å². The molecule has 2 amide bonds. The van der Waals surface area contributed by atoms with Crippen LogP contribution in [-0.2, 0) is 9.59 Å². The van der Waals surface area contributed by atoms with Crippen molar-refractivity contribution in [3.8, 4) is 0 Å². The summed E-state index contributed by atoms with van der Waals surface area (Å²) in [6.45, 7) is 0. The van der Waals surface area contributed by atoms with Crippen LogP contribution in [-0.4, -0.2) is 28.2 Å². The number of hydrogen-bond acceptors (Lipinski definition) is 5. The summed E-state index contributed by atoms with van der Waals surface area (Å²) in [4.78, 5) is 33.3. The molecule has 2 aromatic carbocycles. The summed E-state index contributed by atoms with van der Waals surface area (Å²) < 4.78 is 13.2. The molecule has 0 saturated heterocycles. The van der Waals surface area contributed by atoms with E-state index in [1.165, 1.54) is 6.07 Å². The summed E-state index contributed by atoms with van der Waals surface area (Å²) in [7, 11) is 0. The molecule has 2 rings (SSSR count). The van der Waals surface area contributed by atoms with Crippen LogP contribution in [0.2, 0.25) is 0 Å². The third-order valence-corrected chi connectivity index (χ3v) is 3.88. The van der Waals surface area contributed by atoms with Crippen molar-refractivity contribution in [2.75, 3.05) is 22.1 Å². The Hall–Kier alpha value is -2.94. The van der Waals surface area contributed by atoms with Crippen LogP contribution in [0.3, 0.4) is 0 Å². The van der Waals surface area contributed by atoms with E-state index in [2.05, 4.69) is 10.6 Å². The number of para-hydroxylation sites is 1. The highest BCUT2D eigenvalue weighted by Crippen LogP contribution is 2.21. The molecule has 2 aromatic rings. The summed E-state index contributed by atoms with van der Waals surface area (Å²) in [5.41, 5.74) is 0.0660. The van der Waals surface area contributed by atoms with Gasteiger partial charge in [-0.3, -0.25) is 19.7 Å². The fraction of sp³-hybridized carbons (Fsp3) is 0.125. The maximum atomic E-state index is 13.2. The quantitative estimate of drug-likeness (QED) is 0.582. The van der Waals surface area contributed by atoms with Crippen LogP contribution >= 0.6 is 11.8 Å². The van der Waals surface area contributed by atoms with Gasteiger partial charge in [-0.15, -0.1) is 11.8 Å². The molecule has 0 aliphatic heterocycles. The summed E-state index contributed by atoms with van der Waals surface area (Å²) in [6, 6.07) is 12.0. The zero-order valence-electron chi connectivity index (χ0n) is 12.9. The van der Waals surface area contributed by atoms with Crippen LogP contribution in [0, 0.1) is 15.9 Å². The zero-order valence-corrected chi connectivity index (χ0v) is 13.7. The Labute approximate surface area is 146 Å². The van der Waals surface area contributed by atoms with Crippen LogP contribution in [0.5, 0.6) is 0 Å². The van der Waals surface area contributed by atoms with Gasteiger partial charge < -0.3 is 10.6 Å². The van der Waals surface area contributed by atoms with E-state index >= 15 is 0 Å². The van der Waals surface area contributed by atoms with Gasteiger partial charge in [-0.25, -0.2) is 0 Å². The second-order valence-corrected chi connectivity index (χ2v) is 5.86. The Morgan fingerprint density at radius 1 is 1.00 bits per heavy atom. The number of benzene rings is 2. The number of nitrogens with zero attached hydrogens (tertiary/aromatic N) is 1. The molecule has 0 bridgehead atoms. The summed E-state index contributed by atoms with van der Waals surface area (Å²) in [6.07, 6.45) is 0. The molecule has 0 spiro atoms. The molecule has 0 radical (unpaired) electrons. The number of hydrogen-bond donors (Lipinski definition) is 2. The lowest BCUT2D eigenvalue weighted by atomic mass is 10.2. The van der Waals surface area contributed by atoms with Gasteiger partial charge in [-0.1, -0.05) is 18.2 Å². The third-order valence-electron chi connectivity index (χ3n) is 2.95. The zero-order chi connectivity index (χ0) is 18.2. The topological polar surface area (TPSA) is 101 Å². The van der Waals surface area contributed by atoms with E-state index in [0.29, 0.717) is 5.69 Å². The second kappa shape index (κ2) is 8.78. The molecule has 130 valence electrons. The predicted octanol–water partition coefficient (Wildman–Crippen LogP) is 3.04. The van der Waals surface area contributed by atoms with E-state index in [0.717, 1.165) is 23.9 Å². The molecule has 0 aliphatic rings. The van der Waals surface area contributed by atoms with Crippen molar-refractivity contribution < 1.29 is 18.9 Å². The van der Waals surface area contributed by atoms with Gasteiger partial charge in [0.05, 0.1) is 16.4 Å². The lowest BCUT2D eigenvalue weighted by Gasteiger charge is -2.06. The molecular weight excluding hydrogens is 349 g/mol. The molecule has 0 unspecified atom stereocenters. The number of halogens is 1. The molecule has 0 aliphatic carbocycles. The average Bonchev–Trinajstić information content (AvgIpc) is 2.57. The minimum absolute atomic E-state index is 0.0205. The first kappa shape index (κ1) is 18.4. The standard InChI is InChI=1S/C16H14FN3O4S/c17-13-7-6-12(8-14(13)20(23)24)19-16(22)10-25-9-15(21)18-11-4-2-1-3-5-11/h1-8H,9-10H2,(H,18,21)(H,19,22). The van der Waals surface area contributed by atoms with Gasteiger partial charge in [0, 0.05) is 17.4 Å². The SMILES string of the molecule is O=C(CSCC(=O)Nc1ccc(F)c([N+](=O)[O-])c1)Nc1ccccc1. The highest BCUT2D eigenvalue weighted by atomic mass is 32.2. The number of amides is 2. The van der Waals surface area contributed by atoms with Gasteiger partial charge in [0.25, 0.3) is 0 Å². The van der Waals surface area contributed by atoms with Crippen molar-refractivity contribution in [2.24, 2.45) is 0 Å². The van der Waals surface area contributed by atoms with Gasteiger partial charge in [0.2, 0.25) is 17.6 Å². The maximum absolute atomic E-state index is 13.2. The van der Waals surface area contributed by atoms with Crippen LogP contribution in [0.25, 0.3) is 0 Å². The molecule has 0 heterocycles. The monoisotopic (exact) mass is 363 g/mol. The lowest BCUT2D eigenvalue weighted by molar-refractivity contribution is -0.387. The molecule has 7 nitrogen and oxygen atoms in total. The Balaban J connectivity index is 1.78. The average molecular weight is 363 g/mol. The highest BCUT2D eigenvalue weighted by molar-refractivity contribution is 8.00.